The van der Waals surface area contributed by atoms with Crippen LogP contribution in [-0.2, 0) is 48.0 Å². The van der Waals surface area contributed by atoms with Gasteiger partial charge in [-0.2, -0.15) is 0 Å². The number of amidine groups is 1. The summed E-state index contributed by atoms with van der Waals surface area (Å²) in [6, 6.07) is -1.01. The summed E-state index contributed by atoms with van der Waals surface area (Å²) >= 11 is 9.72. The molecule has 0 bridgehead atoms. The smallest absolute Gasteiger partial charge is 0.353 e. The van der Waals surface area contributed by atoms with Gasteiger partial charge in [0.05, 0.1) is 0 Å². The number of carbonyl (C=O) groups is 7. The van der Waals surface area contributed by atoms with Gasteiger partial charge in [0.2, 0.25) is 0 Å². The van der Waals surface area contributed by atoms with Crippen LogP contribution >= 0.6 is 58.4 Å². The highest BCUT2D eigenvalue weighted by Gasteiger charge is 2.65. The van der Waals surface area contributed by atoms with E-state index in [1.807, 2.05) is 0 Å². The largest absolute Gasteiger partial charge is 0.477 e. The number of nitrogens with two attached hydrogens (primary N) is 4. The molecule has 26 nitrogen and oxygen atoms in total. The summed E-state index contributed by atoms with van der Waals surface area (Å²) in [4.78, 5) is 114. The van der Waals surface area contributed by atoms with Crippen LogP contribution in [0.4, 0.5) is 10.3 Å². The number of β-lactam (4-membered cyclic amide) rings is 2. The molecule has 7 heterocycles. The number of oxime groups is 2. The van der Waals surface area contributed by atoms with Gasteiger partial charge in [0.25, 0.3) is 23.6 Å². The fraction of sp³-hybridized carbons (Fsp3) is 0.293. The minimum Gasteiger partial charge on any atom is -0.477 e. The molecule has 5 atom stereocenters. The number of carboxylic acids is 2. The Balaban J connectivity index is 0.000000241. The summed E-state index contributed by atoms with van der Waals surface area (Å²) in [6.07, 6.45) is 12.7. The van der Waals surface area contributed by atoms with Crippen molar-refractivity contribution in [2.45, 2.75) is 35.4 Å². The maximum Gasteiger partial charge on any atom is 0.353 e. The number of thiocarbonyl (C=S) groups is 1. The molecule has 7 rings (SSSR count). The number of aromatic nitrogens is 2. The topological polar surface area (TPSA) is 388 Å². The van der Waals surface area contributed by atoms with E-state index in [9.17, 15) is 43.8 Å². The number of hydrogen-bond donors (Lipinski definition) is 8. The van der Waals surface area contributed by atoms with Crippen LogP contribution in [0, 0.1) is 24.7 Å². The van der Waals surface area contributed by atoms with Crippen LogP contribution in [0.2, 0.25) is 0 Å². The number of rotatable bonds is 18. The number of nitrogens with zero attached hydrogens (tertiary/aromatic N) is 8. The van der Waals surface area contributed by atoms with Gasteiger partial charge in [0, 0.05) is 52.2 Å². The van der Waals surface area contributed by atoms with Crippen LogP contribution < -0.4 is 33.6 Å². The lowest BCUT2D eigenvalue weighted by molar-refractivity contribution is -0.153. The summed E-state index contributed by atoms with van der Waals surface area (Å²) in [7, 11) is 0. The van der Waals surface area contributed by atoms with Crippen molar-refractivity contribution in [2.24, 2.45) is 26.8 Å². The van der Waals surface area contributed by atoms with Gasteiger partial charge in [-0.1, -0.05) is 40.4 Å². The lowest BCUT2D eigenvalue weighted by atomic mass is 9.87. The second kappa shape index (κ2) is 23.0. The molecule has 2 saturated heterocycles. The van der Waals surface area contributed by atoms with Crippen molar-refractivity contribution >= 4 is 133 Å². The Labute approximate surface area is 429 Å². The van der Waals surface area contributed by atoms with E-state index in [0.717, 1.165) is 37.8 Å². The van der Waals surface area contributed by atoms with Crippen molar-refractivity contribution in [3.63, 3.8) is 0 Å². The molecular weight excluding hydrogens is 1040 g/mol. The molecule has 12 N–H and O–H groups in total. The Morgan fingerprint density at radius 1 is 0.958 bits per heavy atom. The number of hydrogen-bond acceptors (Lipinski definition) is 25. The number of amides is 4. The molecule has 2 fully saturated rings. The highest BCUT2D eigenvalue weighted by Crippen LogP contribution is 2.46. The molecule has 2 aromatic heterocycles. The summed E-state index contributed by atoms with van der Waals surface area (Å²) < 4.78 is 4.88. The SMILES string of the molecule is C#CCO/N=C(\C(=O)NC1(C=S)C(=O)N2C(C(=O)O)=C(C3=NC(N)=CC(N)N3CC=C)CS[C@H]21)c1csc(N)n1.C#CCO/N=C(\C(=O)NC1C(=O)N2C(C(=O)O)=C(COC(C)=O)CS[C@@H]12)c1csc(N)n1. The van der Waals surface area contributed by atoms with Gasteiger partial charge in [-0.25, -0.2) is 24.5 Å². The zero-order chi connectivity index (χ0) is 52.6. The first-order chi connectivity index (χ1) is 34.3. The Bertz CT molecular complexity index is 2910. The second-order valence-corrected chi connectivity index (χ2v) is 18.9. The van der Waals surface area contributed by atoms with E-state index in [1.54, 1.807) is 11.0 Å². The number of terminal acetylenes is 2. The fourth-order valence-corrected chi connectivity index (χ4v) is 11.4. The number of carbonyl (C=O) groups excluding carboxylic acids is 5. The lowest BCUT2D eigenvalue weighted by Crippen LogP contribution is -2.81. The average molecular weight is 1080 g/mol. The molecule has 31 heteroatoms. The molecule has 5 aliphatic rings. The molecule has 3 unspecified atom stereocenters. The molecule has 0 radical (unpaired) electrons. The van der Waals surface area contributed by atoms with Gasteiger partial charge < -0.3 is 63.1 Å². The quantitative estimate of drug-likeness (QED) is 0.0124. The molecule has 0 saturated carbocycles. The number of nitrogens with one attached hydrogen (secondary N) is 2. The first-order valence-corrected chi connectivity index (χ1v) is 24.6. The Morgan fingerprint density at radius 3 is 2.07 bits per heavy atom. The third kappa shape index (κ3) is 10.9. The van der Waals surface area contributed by atoms with Gasteiger partial charge >= 0.3 is 17.9 Å². The molecular formula is C41H40N14O12S5. The van der Waals surface area contributed by atoms with E-state index in [1.165, 1.54) is 47.3 Å². The maximum atomic E-state index is 13.6. The summed E-state index contributed by atoms with van der Waals surface area (Å²) in [5.74, 6) is -1.32. The van der Waals surface area contributed by atoms with Crippen LogP contribution in [0.5, 0.6) is 0 Å². The molecule has 376 valence electrons. The van der Waals surface area contributed by atoms with E-state index in [-0.39, 0.29) is 105 Å². The third-order valence-corrected chi connectivity index (χ3v) is 14.6. The van der Waals surface area contributed by atoms with Crippen LogP contribution in [0.3, 0.4) is 0 Å². The van der Waals surface area contributed by atoms with Crippen molar-refractivity contribution < 1.29 is 58.2 Å². The van der Waals surface area contributed by atoms with E-state index in [0.29, 0.717) is 0 Å². The van der Waals surface area contributed by atoms with E-state index >= 15 is 0 Å². The lowest BCUT2D eigenvalue weighted by Gasteiger charge is -2.55. The zero-order valence-corrected chi connectivity index (χ0v) is 41.3. The normalized spacial score (nSPS) is 22.4. The average Bonchev–Trinajstić information content (AvgIpc) is 3.98. The Hall–Kier alpha value is -7.81. The molecule has 0 spiro atoms. The fourth-order valence-electron chi connectivity index (χ4n) is 7.13. The first kappa shape index (κ1) is 53.5. The molecule has 0 aliphatic carbocycles. The van der Waals surface area contributed by atoms with Crippen molar-refractivity contribution in [2.75, 3.05) is 49.3 Å². The number of anilines is 2. The number of fused-ring (bicyclic) bond motifs is 2. The van der Waals surface area contributed by atoms with Gasteiger partial charge in [-0.3, -0.25) is 33.8 Å². The van der Waals surface area contributed by atoms with Crippen LogP contribution in [0.25, 0.3) is 0 Å². The Kier molecular flexibility index (Phi) is 17.1. The van der Waals surface area contributed by atoms with Crippen molar-refractivity contribution in [1.29, 1.82) is 0 Å². The standard InChI is InChI=1S/C23H23N9O5S3.C18H17N5O7S2/c1-3-5-31-14(25)7-13(24)28-17(31)11-8-39-21-23(10-38,20(36)32(21)16(11)19(34)35)29-18(33)15(30-37-6-4-2)12-9-40-22(26)27-12;1-3-4-30-22-11(10-7-32-18(19)20-10)14(25)21-12-15(26)23-13(17(27)28)9(5-29-8(2)24)6-31-16(12)23/h2-3,7,9-10,14,21H,1,5-6,8,24-25H2,(H2,26,27)(H,29,33)(H,34,35);1,7,12,16H,4-6H2,2H3,(H2,19,20)(H,21,25)(H,27,28)/b30-15-;22-11-/t14?,21-,23?;12?,16-/m00/s1. The zero-order valence-electron chi connectivity index (χ0n) is 37.2. The molecule has 4 amide bonds. The van der Waals surface area contributed by atoms with E-state index in [2.05, 4.69) is 54.3 Å². The number of esters is 1. The van der Waals surface area contributed by atoms with Crippen molar-refractivity contribution in [1.82, 2.24) is 35.3 Å². The second-order valence-electron chi connectivity index (χ2n) is 14.7. The van der Waals surface area contributed by atoms with Gasteiger partial charge in [-0.15, -0.1) is 65.6 Å². The minimum atomic E-state index is -1.75. The number of thiazole rings is 2. The molecule has 2 aromatic rings. The monoisotopic (exact) mass is 1080 g/mol. The summed E-state index contributed by atoms with van der Waals surface area (Å²) in [6.45, 7) is 4.48. The number of aliphatic carboxylic acids is 2. The number of aliphatic imine (C=N–C) groups is 1. The third-order valence-electron chi connectivity index (χ3n) is 10.2. The van der Waals surface area contributed by atoms with Crippen LogP contribution in [0.15, 0.2) is 73.2 Å². The molecule has 0 aromatic carbocycles. The number of carboxylic acid groups (broad SMARTS) is 2. The number of nitrogen functional groups attached to an aromatic ring is 2. The highest BCUT2D eigenvalue weighted by atomic mass is 32.2. The van der Waals surface area contributed by atoms with Gasteiger partial charge in [-0.05, 0) is 6.08 Å². The predicted molar refractivity (Wildman–Crippen MR) is 269 cm³/mol. The molecule has 72 heavy (non-hydrogen) atoms. The number of thioether (sulfide) groups is 2. The minimum absolute atomic E-state index is 0.0815. The summed E-state index contributed by atoms with van der Waals surface area (Å²) in [5.41, 5.74) is 21.3. The van der Waals surface area contributed by atoms with E-state index in [4.69, 9.17) is 62.4 Å². The first-order valence-electron chi connectivity index (χ1n) is 20.3. The number of ether oxygens (including phenoxy) is 1. The van der Waals surface area contributed by atoms with Gasteiger partial charge in [0.15, 0.2) is 40.4 Å². The predicted octanol–water partition coefficient (Wildman–Crippen LogP) is -1.45. The van der Waals surface area contributed by atoms with Crippen molar-refractivity contribution in [3.05, 3.63) is 69.2 Å². The maximum absolute atomic E-state index is 13.6. The van der Waals surface area contributed by atoms with E-state index < -0.39 is 70.0 Å². The highest BCUT2D eigenvalue weighted by molar-refractivity contribution is 8.00. The van der Waals surface area contributed by atoms with Gasteiger partial charge in [0.1, 0.15) is 64.0 Å². The molecule has 5 aliphatic heterocycles. The van der Waals surface area contributed by atoms with Crippen LogP contribution in [0.1, 0.15) is 18.3 Å². The Morgan fingerprint density at radius 2 is 1.56 bits per heavy atom. The summed E-state index contributed by atoms with van der Waals surface area (Å²) in [5, 5.41) is 35.2. The van der Waals surface area contributed by atoms with Crippen molar-refractivity contribution in [3.8, 4) is 24.7 Å². The van der Waals surface area contributed by atoms with Crippen LogP contribution in [-0.4, -0.2) is 165 Å².